The van der Waals surface area contributed by atoms with Gasteiger partial charge in [0, 0.05) is 43.1 Å². The van der Waals surface area contributed by atoms with Crippen molar-refractivity contribution in [3.63, 3.8) is 0 Å². The highest BCUT2D eigenvalue weighted by atomic mass is 32.1. The highest BCUT2D eigenvalue weighted by Gasteiger charge is 2.46. The predicted molar refractivity (Wildman–Crippen MR) is 103 cm³/mol. The van der Waals surface area contributed by atoms with Crippen molar-refractivity contribution in [1.82, 2.24) is 14.8 Å². The molecule has 2 atom stereocenters. The Bertz CT molecular complexity index is 655. The van der Waals surface area contributed by atoms with Gasteiger partial charge in [-0.3, -0.25) is 9.69 Å². The number of ether oxygens (including phenoxy) is 1. The average Bonchev–Trinajstić information content (AvgIpc) is 3.26. The van der Waals surface area contributed by atoms with Crippen molar-refractivity contribution in [1.29, 1.82) is 0 Å². The molecule has 0 N–H and O–H groups in total. The fraction of sp³-hybridized carbons (Fsp3) is 0.800. The molecule has 5 nitrogen and oxygen atoms in total. The average molecular weight is 378 g/mol. The first-order valence-electron chi connectivity index (χ1n) is 10.1. The molecule has 0 radical (unpaired) electrons. The zero-order valence-corrected chi connectivity index (χ0v) is 16.9. The molecule has 0 unspecified atom stereocenters. The number of likely N-dealkylation sites (tertiary alicyclic amines) is 2. The van der Waals surface area contributed by atoms with Crippen LogP contribution in [0.2, 0.25) is 0 Å². The maximum absolute atomic E-state index is 12.6. The van der Waals surface area contributed by atoms with Gasteiger partial charge in [0.2, 0.25) is 5.91 Å². The summed E-state index contributed by atoms with van der Waals surface area (Å²) in [5.41, 5.74) is 1.26. The zero-order chi connectivity index (χ0) is 18.1. The Hall–Kier alpha value is -0.980. The van der Waals surface area contributed by atoms with Crippen molar-refractivity contribution in [2.24, 2.45) is 0 Å². The lowest BCUT2D eigenvalue weighted by Gasteiger charge is -2.39. The van der Waals surface area contributed by atoms with Crippen molar-refractivity contribution >= 4 is 17.2 Å². The topological polar surface area (TPSA) is 45.7 Å². The number of hydrogen-bond donors (Lipinski definition) is 0. The number of hydrogen-bond acceptors (Lipinski definition) is 5. The number of aromatic nitrogens is 1. The van der Waals surface area contributed by atoms with Gasteiger partial charge in [-0.15, -0.1) is 11.3 Å². The van der Waals surface area contributed by atoms with E-state index in [-0.39, 0.29) is 11.6 Å². The molecule has 1 spiro atoms. The summed E-state index contributed by atoms with van der Waals surface area (Å²) in [6, 6.07) is 0. The maximum atomic E-state index is 12.6. The smallest absolute Gasteiger partial charge is 0.223 e. The molecule has 0 aliphatic carbocycles. The molecule has 1 aromatic rings. The fourth-order valence-electron chi connectivity index (χ4n) is 5.00. The fourth-order valence-corrected chi connectivity index (χ4v) is 5.98. The molecule has 0 aromatic carbocycles. The van der Waals surface area contributed by atoms with Crippen LogP contribution in [-0.2, 0) is 16.1 Å². The second-order valence-corrected chi connectivity index (χ2v) is 9.52. The number of amides is 1. The van der Waals surface area contributed by atoms with E-state index in [2.05, 4.69) is 28.6 Å². The number of aryl methyl sites for hydroxylation is 2. The van der Waals surface area contributed by atoms with Gasteiger partial charge in [0.15, 0.2) is 0 Å². The summed E-state index contributed by atoms with van der Waals surface area (Å²) in [5.74, 6) is 0.350. The lowest BCUT2D eigenvalue weighted by molar-refractivity contribution is -0.133. The van der Waals surface area contributed by atoms with Crippen LogP contribution in [0.5, 0.6) is 0 Å². The van der Waals surface area contributed by atoms with Crippen LogP contribution in [0.15, 0.2) is 0 Å². The molecule has 0 saturated carbocycles. The predicted octanol–water partition coefficient (Wildman–Crippen LogP) is 3.29. The van der Waals surface area contributed by atoms with Gasteiger partial charge in [-0.1, -0.05) is 0 Å². The van der Waals surface area contributed by atoms with Gasteiger partial charge >= 0.3 is 0 Å². The summed E-state index contributed by atoms with van der Waals surface area (Å²) >= 11 is 1.83. The molecule has 3 saturated heterocycles. The molecule has 144 valence electrons. The second kappa shape index (κ2) is 7.56. The van der Waals surface area contributed by atoms with Crippen LogP contribution in [-0.4, -0.2) is 58.6 Å². The number of rotatable bonds is 4. The van der Waals surface area contributed by atoms with Crippen molar-refractivity contribution in [3.05, 3.63) is 15.6 Å². The van der Waals surface area contributed by atoms with E-state index in [4.69, 9.17) is 4.74 Å². The van der Waals surface area contributed by atoms with Gasteiger partial charge in [-0.05, 0) is 58.9 Å². The summed E-state index contributed by atoms with van der Waals surface area (Å²) < 4.78 is 5.83. The highest BCUT2D eigenvalue weighted by Crippen LogP contribution is 2.40. The first kappa shape index (κ1) is 18.4. The van der Waals surface area contributed by atoms with Gasteiger partial charge < -0.3 is 9.64 Å². The molecule has 26 heavy (non-hydrogen) atoms. The van der Waals surface area contributed by atoms with E-state index in [9.17, 15) is 4.79 Å². The molecule has 0 bridgehead atoms. The van der Waals surface area contributed by atoms with Crippen LogP contribution < -0.4 is 0 Å². The third-order valence-corrected chi connectivity index (χ3v) is 7.52. The van der Waals surface area contributed by atoms with Crippen LogP contribution >= 0.6 is 11.3 Å². The van der Waals surface area contributed by atoms with Crippen LogP contribution in [0.1, 0.15) is 60.5 Å². The van der Waals surface area contributed by atoms with Crippen LogP contribution in [0.3, 0.4) is 0 Å². The Morgan fingerprint density at radius 2 is 2.12 bits per heavy atom. The molecule has 1 amide bonds. The zero-order valence-electron chi connectivity index (χ0n) is 16.1. The van der Waals surface area contributed by atoms with E-state index < -0.39 is 0 Å². The van der Waals surface area contributed by atoms with Gasteiger partial charge in [0.1, 0.15) is 0 Å². The largest absolute Gasteiger partial charge is 0.376 e. The minimum atomic E-state index is 0.0798. The number of carbonyl (C=O) groups is 1. The molecule has 1 aromatic heterocycles. The van der Waals surface area contributed by atoms with Crippen molar-refractivity contribution in [2.45, 2.75) is 77.0 Å². The monoisotopic (exact) mass is 377 g/mol. The first-order chi connectivity index (χ1) is 12.6. The summed E-state index contributed by atoms with van der Waals surface area (Å²) in [4.78, 5) is 23.4. The molecule has 4 heterocycles. The minimum Gasteiger partial charge on any atom is -0.376 e. The van der Waals surface area contributed by atoms with E-state index in [0.29, 0.717) is 5.91 Å². The van der Waals surface area contributed by atoms with E-state index in [1.807, 2.05) is 11.3 Å². The summed E-state index contributed by atoms with van der Waals surface area (Å²) in [7, 11) is 0. The van der Waals surface area contributed by atoms with E-state index in [1.54, 1.807) is 0 Å². The van der Waals surface area contributed by atoms with Crippen molar-refractivity contribution in [2.75, 3.05) is 26.2 Å². The molecule has 3 aliphatic rings. The van der Waals surface area contributed by atoms with Gasteiger partial charge in [0.05, 0.1) is 16.8 Å². The summed E-state index contributed by atoms with van der Waals surface area (Å²) in [6.07, 6.45) is 7.68. The van der Waals surface area contributed by atoms with Crippen LogP contribution in [0.4, 0.5) is 0 Å². The Kier molecular flexibility index (Phi) is 5.35. The van der Waals surface area contributed by atoms with Gasteiger partial charge in [-0.2, -0.15) is 0 Å². The Morgan fingerprint density at radius 3 is 2.85 bits per heavy atom. The van der Waals surface area contributed by atoms with Crippen LogP contribution in [0.25, 0.3) is 0 Å². The highest BCUT2D eigenvalue weighted by molar-refractivity contribution is 7.11. The standard InChI is InChI=1S/C20H31N3O2S/c1-15-18(26-16(2)21-15)14-22-10-4-7-20(9-11-22)8-6-19(24)23(20)13-17-5-3-12-25-17/h17H,3-14H2,1-2H3/t17-,20+/m0/s1. The Morgan fingerprint density at radius 1 is 1.23 bits per heavy atom. The molecular weight excluding hydrogens is 346 g/mol. The Labute approximate surface area is 160 Å². The second-order valence-electron chi connectivity index (χ2n) is 8.23. The molecule has 6 heteroatoms. The van der Waals surface area contributed by atoms with Crippen molar-refractivity contribution in [3.8, 4) is 0 Å². The van der Waals surface area contributed by atoms with Crippen molar-refractivity contribution < 1.29 is 9.53 Å². The number of nitrogens with zero attached hydrogens (tertiary/aromatic N) is 3. The maximum Gasteiger partial charge on any atom is 0.223 e. The first-order valence-corrected chi connectivity index (χ1v) is 10.9. The quantitative estimate of drug-likeness (QED) is 0.808. The SMILES string of the molecule is Cc1nc(C)c(CN2CCC[C@@]3(CCC(=O)N3C[C@@H]3CCCO3)CC2)s1. The van der Waals surface area contributed by atoms with E-state index >= 15 is 0 Å². The third kappa shape index (κ3) is 3.69. The third-order valence-electron chi connectivity index (χ3n) is 6.46. The number of carbonyl (C=O) groups excluding carboxylic acids is 1. The Balaban J connectivity index is 1.42. The molecule has 4 rings (SSSR count). The molecule has 3 fully saturated rings. The van der Waals surface area contributed by atoms with E-state index in [1.165, 1.54) is 17.0 Å². The summed E-state index contributed by atoms with van der Waals surface area (Å²) in [6.45, 7) is 9.09. The van der Waals surface area contributed by atoms with E-state index in [0.717, 1.165) is 76.3 Å². The van der Waals surface area contributed by atoms with Gasteiger partial charge in [-0.25, -0.2) is 4.98 Å². The minimum absolute atomic E-state index is 0.0798. The van der Waals surface area contributed by atoms with Crippen LogP contribution in [0, 0.1) is 13.8 Å². The normalized spacial score (nSPS) is 30.5. The lowest BCUT2D eigenvalue weighted by Crippen LogP contribution is -2.49. The van der Waals surface area contributed by atoms with Gasteiger partial charge in [0.25, 0.3) is 0 Å². The lowest BCUT2D eigenvalue weighted by atomic mass is 9.87. The molecular formula is C20H31N3O2S. The number of thiazole rings is 1. The molecule has 3 aliphatic heterocycles. The summed E-state index contributed by atoms with van der Waals surface area (Å²) in [5, 5.41) is 1.16.